The molecular formula is C11H22O3. The lowest BCUT2D eigenvalue weighted by atomic mass is 9.94. The van der Waals surface area contributed by atoms with E-state index in [9.17, 15) is 4.79 Å². The van der Waals surface area contributed by atoms with E-state index < -0.39 is 0 Å². The van der Waals surface area contributed by atoms with Crippen molar-refractivity contribution in [2.75, 3.05) is 7.11 Å². The molecule has 1 unspecified atom stereocenters. The summed E-state index contributed by atoms with van der Waals surface area (Å²) in [6.45, 7) is 8.13. The van der Waals surface area contributed by atoms with E-state index >= 15 is 0 Å². The summed E-state index contributed by atoms with van der Waals surface area (Å²) in [7, 11) is 1.40. The van der Waals surface area contributed by atoms with Gasteiger partial charge >= 0.3 is 5.97 Å². The van der Waals surface area contributed by atoms with Crippen LogP contribution in [0.4, 0.5) is 0 Å². The van der Waals surface area contributed by atoms with Crippen LogP contribution in [0.25, 0.3) is 0 Å². The van der Waals surface area contributed by atoms with Crippen molar-refractivity contribution < 1.29 is 14.3 Å². The van der Waals surface area contributed by atoms with Crippen LogP contribution in [0, 0.1) is 5.92 Å². The molecule has 1 heterocycles. The molecule has 0 spiro atoms. The molecule has 1 aliphatic heterocycles. The maximum atomic E-state index is 11.1. The van der Waals surface area contributed by atoms with Crippen molar-refractivity contribution in [2.45, 2.75) is 52.7 Å². The predicted molar refractivity (Wildman–Crippen MR) is 56.1 cm³/mol. The van der Waals surface area contributed by atoms with Crippen LogP contribution in [-0.4, -0.2) is 25.3 Å². The maximum absolute atomic E-state index is 11.1. The molecule has 14 heavy (non-hydrogen) atoms. The fourth-order valence-electron chi connectivity index (χ4n) is 1.70. The second kappa shape index (κ2) is 6.82. The molecule has 3 heteroatoms. The molecule has 1 fully saturated rings. The van der Waals surface area contributed by atoms with Gasteiger partial charge in [-0.2, -0.15) is 0 Å². The first kappa shape index (κ1) is 13.4. The molecule has 0 N–H and O–H groups in total. The van der Waals surface area contributed by atoms with Gasteiger partial charge in [0.25, 0.3) is 0 Å². The number of hydrogen-bond acceptors (Lipinski definition) is 3. The van der Waals surface area contributed by atoms with Crippen molar-refractivity contribution in [1.82, 2.24) is 0 Å². The summed E-state index contributed by atoms with van der Waals surface area (Å²) < 4.78 is 10.1. The van der Waals surface area contributed by atoms with Crippen molar-refractivity contribution in [1.29, 1.82) is 0 Å². The molecule has 3 nitrogen and oxygen atoms in total. The zero-order valence-electron chi connectivity index (χ0n) is 9.87. The first-order valence-corrected chi connectivity index (χ1v) is 5.36. The van der Waals surface area contributed by atoms with Crippen LogP contribution < -0.4 is 0 Å². The van der Waals surface area contributed by atoms with Crippen molar-refractivity contribution in [2.24, 2.45) is 5.92 Å². The fourth-order valence-corrected chi connectivity index (χ4v) is 1.70. The molecule has 1 saturated heterocycles. The molecule has 0 amide bonds. The molecule has 0 aromatic rings. The third-order valence-corrected chi connectivity index (χ3v) is 2.21. The molecular weight excluding hydrogens is 180 g/mol. The Balaban J connectivity index is 0.000000791. The maximum Gasteiger partial charge on any atom is 0.334 e. The van der Waals surface area contributed by atoms with Gasteiger partial charge in [0.1, 0.15) is 0 Å². The topological polar surface area (TPSA) is 35.5 Å². The summed E-state index contributed by atoms with van der Waals surface area (Å²) in [6.07, 6.45) is 1.66. The van der Waals surface area contributed by atoms with Crippen LogP contribution >= 0.6 is 0 Å². The summed E-state index contributed by atoms with van der Waals surface area (Å²) in [5, 5.41) is 0. The molecule has 0 radical (unpaired) electrons. The molecule has 0 saturated carbocycles. The van der Waals surface area contributed by atoms with Crippen molar-refractivity contribution in [3.8, 4) is 0 Å². The summed E-state index contributed by atoms with van der Waals surface area (Å²) in [6, 6.07) is 0. The minimum atomic E-state index is -0.339. The SMILES string of the molecule is CC.COC(=O)[C@@H]1C[C@H](C)CC(C)O1. The van der Waals surface area contributed by atoms with E-state index in [1.165, 1.54) is 7.11 Å². The number of rotatable bonds is 1. The highest BCUT2D eigenvalue weighted by Gasteiger charge is 2.30. The van der Waals surface area contributed by atoms with Crippen LogP contribution in [0.3, 0.4) is 0 Å². The third-order valence-electron chi connectivity index (χ3n) is 2.21. The molecule has 1 aliphatic rings. The third kappa shape index (κ3) is 4.09. The summed E-state index contributed by atoms with van der Waals surface area (Å²) in [5.41, 5.74) is 0. The van der Waals surface area contributed by atoms with Crippen molar-refractivity contribution in [3.63, 3.8) is 0 Å². The first-order chi connectivity index (χ1) is 6.63. The average molecular weight is 202 g/mol. The molecule has 0 bridgehead atoms. The summed E-state index contributed by atoms with van der Waals surface area (Å²) in [4.78, 5) is 11.1. The van der Waals surface area contributed by atoms with Crippen molar-refractivity contribution in [3.05, 3.63) is 0 Å². The summed E-state index contributed by atoms with van der Waals surface area (Å²) >= 11 is 0. The van der Waals surface area contributed by atoms with Gasteiger partial charge in [0.2, 0.25) is 0 Å². The van der Waals surface area contributed by atoms with Crippen LogP contribution in [0.2, 0.25) is 0 Å². The van der Waals surface area contributed by atoms with Gasteiger partial charge in [-0.25, -0.2) is 4.79 Å². The van der Waals surface area contributed by atoms with E-state index in [0.29, 0.717) is 5.92 Å². The van der Waals surface area contributed by atoms with Crippen LogP contribution in [-0.2, 0) is 14.3 Å². The number of hydrogen-bond donors (Lipinski definition) is 0. The van der Waals surface area contributed by atoms with Gasteiger partial charge in [0, 0.05) is 0 Å². The monoisotopic (exact) mass is 202 g/mol. The zero-order valence-corrected chi connectivity index (χ0v) is 9.87. The standard InChI is InChI=1S/C9H16O3.C2H6/c1-6-4-7(2)12-8(5-6)9(10)11-3;1-2/h6-8H,4-5H2,1-3H3;1-2H3/t6-,7?,8+;/m1./s1. The molecule has 1 rings (SSSR count). The Kier molecular flexibility index (Phi) is 6.54. The van der Waals surface area contributed by atoms with Gasteiger partial charge in [-0.3, -0.25) is 0 Å². The number of esters is 1. The highest BCUT2D eigenvalue weighted by molar-refractivity contribution is 5.74. The van der Waals surface area contributed by atoms with Gasteiger partial charge in [0.15, 0.2) is 6.10 Å². The molecule has 84 valence electrons. The van der Waals surface area contributed by atoms with E-state index in [1.54, 1.807) is 0 Å². The van der Waals surface area contributed by atoms with E-state index in [1.807, 2.05) is 20.8 Å². The van der Waals surface area contributed by atoms with E-state index in [0.717, 1.165) is 12.8 Å². The lowest BCUT2D eigenvalue weighted by Crippen LogP contribution is -2.36. The predicted octanol–water partition coefficient (Wildman–Crippen LogP) is 2.39. The van der Waals surface area contributed by atoms with E-state index in [2.05, 4.69) is 11.7 Å². The minimum absolute atomic E-state index is 0.179. The van der Waals surface area contributed by atoms with Gasteiger partial charge in [-0.1, -0.05) is 20.8 Å². The Labute approximate surface area is 86.8 Å². The van der Waals surface area contributed by atoms with Gasteiger partial charge in [-0.05, 0) is 25.7 Å². The van der Waals surface area contributed by atoms with Crippen molar-refractivity contribution >= 4 is 5.97 Å². The van der Waals surface area contributed by atoms with E-state index in [4.69, 9.17) is 4.74 Å². The molecule has 3 atom stereocenters. The summed E-state index contributed by atoms with van der Waals surface area (Å²) in [5.74, 6) is 0.311. The highest BCUT2D eigenvalue weighted by atomic mass is 16.6. The normalized spacial score (nSPS) is 31.4. The Morgan fingerprint density at radius 3 is 2.29 bits per heavy atom. The average Bonchev–Trinajstić information content (AvgIpc) is 2.18. The Hall–Kier alpha value is -0.570. The number of carbonyl (C=O) groups excluding carboxylic acids is 1. The molecule has 0 aliphatic carbocycles. The van der Waals surface area contributed by atoms with Crippen LogP contribution in [0.15, 0.2) is 0 Å². The number of methoxy groups -OCH3 is 1. The lowest BCUT2D eigenvalue weighted by Gasteiger charge is -2.30. The Morgan fingerprint density at radius 2 is 1.86 bits per heavy atom. The molecule has 0 aromatic heterocycles. The van der Waals surface area contributed by atoms with Gasteiger partial charge in [-0.15, -0.1) is 0 Å². The Morgan fingerprint density at radius 1 is 1.29 bits per heavy atom. The minimum Gasteiger partial charge on any atom is -0.467 e. The first-order valence-electron chi connectivity index (χ1n) is 5.36. The van der Waals surface area contributed by atoms with Crippen LogP contribution in [0.5, 0.6) is 0 Å². The number of carbonyl (C=O) groups is 1. The Bertz CT molecular complexity index is 158. The lowest BCUT2D eigenvalue weighted by molar-refractivity contribution is -0.164. The van der Waals surface area contributed by atoms with Gasteiger partial charge < -0.3 is 9.47 Å². The van der Waals surface area contributed by atoms with Crippen LogP contribution in [0.1, 0.15) is 40.5 Å². The largest absolute Gasteiger partial charge is 0.467 e. The quantitative estimate of drug-likeness (QED) is 0.612. The van der Waals surface area contributed by atoms with Gasteiger partial charge in [0.05, 0.1) is 13.2 Å². The molecule has 0 aromatic carbocycles. The van der Waals surface area contributed by atoms with E-state index in [-0.39, 0.29) is 18.2 Å². The number of ether oxygens (including phenoxy) is 2. The zero-order chi connectivity index (χ0) is 11.1. The smallest absolute Gasteiger partial charge is 0.334 e. The highest BCUT2D eigenvalue weighted by Crippen LogP contribution is 2.24. The second-order valence-electron chi connectivity index (χ2n) is 3.54. The second-order valence-corrected chi connectivity index (χ2v) is 3.54. The fraction of sp³-hybridized carbons (Fsp3) is 0.909.